The van der Waals surface area contributed by atoms with E-state index in [0.29, 0.717) is 11.7 Å². The molecule has 2 aromatic heterocycles. The van der Waals surface area contributed by atoms with Crippen molar-refractivity contribution in [3.63, 3.8) is 0 Å². The first kappa shape index (κ1) is 19.3. The zero-order valence-electron chi connectivity index (χ0n) is 14.7. The first-order valence-corrected chi connectivity index (χ1v) is 9.99. The number of aromatic nitrogens is 4. The second-order valence-electron chi connectivity index (χ2n) is 5.74. The molecule has 0 spiro atoms. The summed E-state index contributed by atoms with van der Waals surface area (Å²) in [7, 11) is 0. The number of rotatable bonds is 7. The molecule has 0 saturated heterocycles. The van der Waals surface area contributed by atoms with Crippen LogP contribution >= 0.6 is 27.7 Å². The molecule has 3 aromatic rings. The fourth-order valence-electron chi connectivity index (χ4n) is 2.45. The lowest BCUT2D eigenvalue weighted by molar-refractivity contribution is -0.113. The molecule has 2 heterocycles. The Labute approximate surface area is 170 Å². The molecule has 8 heteroatoms. The third-order valence-electron chi connectivity index (χ3n) is 3.74. The molecule has 0 radical (unpaired) electrons. The van der Waals surface area contributed by atoms with E-state index in [4.69, 9.17) is 0 Å². The highest BCUT2D eigenvalue weighted by molar-refractivity contribution is 9.10. The van der Waals surface area contributed by atoms with Crippen LogP contribution in [0.1, 0.15) is 5.56 Å². The van der Waals surface area contributed by atoms with Gasteiger partial charge in [-0.15, -0.1) is 16.8 Å². The maximum atomic E-state index is 12.3. The Kier molecular flexibility index (Phi) is 6.41. The smallest absolute Gasteiger partial charge is 0.234 e. The standard InChI is InChI=1S/C19H18BrN5OS/c1-3-10-25-18(14-6-8-21-9-7-14)23-24-19(25)27-12-17(26)22-15-4-5-16(20)13(2)11-15/h3-9,11H,1,10,12H2,2H3,(H,22,26). The number of nitrogens with zero attached hydrogens (tertiary/aromatic N) is 4. The molecule has 0 aliphatic heterocycles. The number of carbonyl (C=O) groups excluding carboxylic acids is 1. The number of carbonyl (C=O) groups is 1. The Morgan fingerprint density at radius 1 is 1.30 bits per heavy atom. The fourth-order valence-corrected chi connectivity index (χ4v) is 3.45. The maximum absolute atomic E-state index is 12.3. The van der Waals surface area contributed by atoms with E-state index in [9.17, 15) is 4.79 Å². The molecular weight excluding hydrogens is 426 g/mol. The Morgan fingerprint density at radius 2 is 2.07 bits per heavy atom. The largest absolute Gasteiger partial charge is 0.325 e. The van der Waals surface area contributed by atoms with Gasteiger partial charge in [-0.1, -0.05) is 33.8 Å². The third-order valence-corrected chi connectivity index (χ3v) is 5.60. The van der Waals surface area contributed by atoms with Crippen LogP contribution in [0, 0.1) is 6.92 Å². The van der Waals surface area contributed by atoms with Crippen LogP contribution in [0.25, 0.3) is 11.4 Å². The van der Waals surface area contributed by atoms with E-state index in [1.54, 1.807) is 18.5 Å². The molecule has 0 aliphatic rings. The summed E-state index contributed by atoms with van der Waals surface area (Å²) >= 11 is 4.80. The normalized spacial score (nSPS) is 10.6. The van der Waals surface area contributed by atoms with Crippen LogP contribution in [0.15, 0.2) is 65.0 Å². The van der Waals surface area contributed by atoms with Crippen molar-refractivity contribution in [1.82, 2.24) is 19.7 Å². The minimum atomic E-state index is -0.0969. The predicted octanol–water partition coefficient (Wildman–Crippen LogP) is 4.33. The molecule has 0 bridgehead atoms. The van der Waals surface area contributed by atoms with Gasteiger partial charge in [0.15, 0.2) is 11.0 Å². The van der Waals surface area contributed by atoms with Gasteiger partial charge in [-0.2, -0.15) is 0 Å². The molecule has 27 heavy (non-hydrogen) atoms. The van der Waals surface area contributed by atoms with Crippen molar-refractivity contribution in [2.45, 2.75) is 18.6 Å². The summed E-state index contributed by atoms with van der Waals surface area (Å²) in [5.74, 6) is 0.866. The van der Waals surface area contributed by atoms with Crippen molar-refractivity contribution >= 4 is 39.3 Å². The Bertz CT molecular complexity index is 958. The molecule has 0 fully saturated rings. The number of amides is 1. The van der Waals surface area contributed by atoms with E-state index >= 15 is 0 Å². The van der Waals surface area contributed by atoms with Crippen molar-refractivity contribution in [1.29, 1.82) is 0 Å². The number of hydrogen-bond donors (Lipinski definition) is 1. The zero-order valence-corrected chi connectivity index (χ0v) is 17.1. The lowest BCUT2D eigenvalue weighted by Gasteiger charge is -2.09. The van der Waals surface area contributed by atoms with E-state index in [-0.39, 0.29) is 11.7 Å². The summed E-state index contributed by atoms with van der Waals surface area (Å²) in [6.45, 7) is 6.33. The van der Waals surface area contributed by atoms with Crippen LogP contribution in [0.3, 0.4) is 0 Å². The molecule has 0 saturated carbocycles. The lowest BCUT2D eigenvalue weighted by atomic mass is 10.2. The van der Waals surface area contributed by atoms with Crippen molar-refractivity contribution in [3.05, 3.63) is 65.4 Å². The summed E-state index contributed by atoms with van der Waals surface area (Å²) in [6, 6.07) is 9.46. The van der Waals surface area contributed by atoms with Gasteiger partial charge in [0.05, 0.1) is 5.75 Å². The molecule has 1 amide bonds. The molecule has 1 aromatic carbocycles. The van der Waals surface area contributed by atoms with Gasteiger partial charge in [0, 0.05) is 34.7 Å². The van der Waals surface area contributed by atoms with Gasteiger partial charge >= 0.3 is 0 Å². The number of anilines is 1. The molecule has 0 atom stereocenters. The topological polar surface area (TPSA) is 72.7 Å². The van der Waals surface area contributed by atoms with Crippen molar-refractivity contribution in [3.8, 4) is 11.4 Å². The summed E-state index contributed by atoms with van der Waals surface area (Å²) < 4.78 is 2.94. The van der Waals surface area contributed by atoms with Crippen LogP contribution < -0.4 is 5.32 Å². The van der Waals surface area contributed by atoms with Crippen LogP contribution in [-0.4, -0.2) is 31.4 Å². The van der Waals surface area contributed by atoms with Crippen molar-refractivity contribution in [2.24, 2.45) is 0 Å². The number of pyridine rings is 1. The average Bonchev–Trinajstić information content (AvgIpc) is 3.07. The number of aryl methyl sites for hydroxylation is 1. The third kappa shape index (κ3) is 4.84. The average molecular weight is 444 g/mol. The highest BCUT2D eigenvalue weighted by Crippen LogP contribution is 2.24. The van der Waals surface area contributed by atoms with Crippen LogP contribution in [0.4, 0.5) is 5.69 Å². The Balaban J connectivity index is 1.70. The van der Waals surface area contributed by atoms with Gasteiger partial charge in [-0.05, 0) is 42.8 Å². The van der Waals surface area contributed by atoms with Gasteiger partial charge < -0.3 is 5.32 Å². The maximum Gasteiger partial charge on any atom is 0.234 e. The summed E-state index contributed by atoms with van der Waals surface area (Å²) in [6.07, 6.45) is 5.20. The van der Waals surface area contributed by atoms with E-state index < -0.39 is 0 Å². The van der Waals surface area contributed by atoms with Gasteiger partial charge in [0.1, 0.15) is 0 Å². The SMILES string of the molecule is C=CCn1c(SCC(=O)Nc2ccc(Br)c(C)c2)nnc1-c1ccncc1. The molecule has 1 N–H and O–H groups in total. The number of thioether (sulfide) groups is 1. The monoisotopic (exact) mass is 443 g/mol. The fraction of sp³-hybridized carbons (Fsp3) is 0.158. The van der Waals surface area contributed by atoms with Crippen LogP contribution in [0.2, 0.25) is 0 Å². The van der Waals surface area contributed by atoms with Gasteiger partial charge in [0.25, 0.3) is 0 Å². The van der Waals surface area contributed by atoms with E-state index in [1.807, 2.05) is 41.8 Å². The highest BCUT2D eigenvalue weighted by atomic mass is 79.9. The Morgan fingerprint density at radius 3 is 2.78 bits per heavy atom. The first-order valence-electron chi connectivity index (χ1n) is 8.22. The van der Waals surface area contributed by atoms with E-state index in [2.05, 4.69) is 43.0 Å². The number of halogens is 1. The van der Waals surface area contributed by atoms with E-state index in [0.717, 1.165) is 27.1 Å². The number of nitrogens with one attached hydrogen (secondary N) is 1. The summed E-state index contributed by atoms with van der Waals surface area (Å²) in [4.78, 5) is 16.3. The van der Waals surface area contributed by atoms with Crippen molar-refractivity contribution < 1.29 is 4.79 Å². The summed E-state index contributed by atoms with van der Waals surface area (Å²) in [5.41, 5.74) is 2.75. The number of allylic oxidation sites excluding steroid dienone is 1. The van der Waals surface area contributed by atoms with Gasteiger partial charge in [-0.3, -0.25) is 14.3 Å². The number of benzene rings is 1. The predicted molar refractivity (Wildman–Crippen MR) is 112 cm³/mol. The second kappa shape index (κ2) is 8.96. The minimum Gasteiger partial charge on any atom is -0.325 e. The quantitative estimate of drug-likeness (QED) is 0.434. The highest BCUT2D eigenvalue weighted by Gasteiger charge is 2.15. The van der Waals surface area contributed by atoms with Crippen LogP contribution in [0.5, 0.6) is 0 Å². The lowest BCUT2D eigenvalue weighted by Crippen LogP contribution is -2.14. The second-order valence-corrected chi connectivity index (χ2v) is 7.54. The molecule has 6 nitrogen and oxygen atoms in total. The van der Waals surface area contributed by atoms with Gasteiger partial charge in [-0.25, -0.2) is 0 Å². The molecule has 0 unspecified atom stereocenters. The van der Waals surface area contributed by atoms with Crippen molar-refractivity contribution in [2.75, 3.05) is 11.1 Å². The molecule has 0 aliphatic carbocycles. The minimum absolute atomic E-state index is 0.0969. The zero-order chi connectivity index (χ0) is 19.2. The molecular formula is C19H18BrN5OS. The summed E-state index contributed by atoms with van der Waals surface area (Å²) in [5, 5.41) is 12.1. The molecule has 3 rings (SSSR count). The Hall–Kier alpha value is -2.45. The number of hydrogen-bond acceptors (Lipinski definition) is 5. The first-order chi connectivity index (χ1) is 13.1. The van der Waals surface area contributed by atoms with Crippen LogP contribution in [-0.2, 0) is 11.3 Å². The van der Waals surface area contributed by atoms with Gasteiger partial charge in [0.2, 0.25) is 5.91 Å². The molecule has 138 valence electrons. The van der Waals surface area contributed by atoms with E-state index in [1.165, 1.54) is 11.8 Å².